The van der Waals surface area contributed by atoms with Gasteiger partial charge in [0.25, 0.3) is 0 Å². The molecule has 0 atom stereocenters. The van der Waals surface area contributed by atoms with Crippen molar-refractivity contribution in [2.45, 2.75) is 13.5 Å². The number of hydrazone groups is 1. The highest BCUT2D eigenvalue weighted by Crippen LogP contribution is 2.28. The Morgan fingerprint density at radius 2 is 1.76 bits per heavy atom. The number of nitrogens with two attached hydrogens (primary N) is 1. The van der Waals surface area contributed by atoms with Crippen molar-refractivity contribution in [1.29, 1.82) is 0 Å². The molecule has 2 heterocycles. The third kappa shape index (κ3) is 4.46. The van der Waals surface area contributed by atoms with E-state index in [0.717, 1.165) is 39.0 Å². The molecule has 0 fully saturated rings. The van der Waals surface area contributed by atoms with Crippen molar-refractivity contribution < 1.29 is 0 Å². The van der Waals surface area contributed by atoms with Gasteiger partial charge in [0, 0.05) is 40.0 Å². The smallest absolute Gasteiger partial charge is 0.184 e. The standard InChI is InChI=1S/C27H24N6S/c1-19-12-13-24-21(15-29-30-27(28)34)16-32(25(24)14-19)17-22-18-33(23-10-6-3-7-11-23)31-26(22)20-8-4-2-5-9-20/h2-16,18H,17H2,1H3,(H3,28,30,34)/b29-15-. The van der Waals surface area contributed by atoms with Crippen LogP contribution < -0.4 is 11.2 Å². The summed E-state index contributed by atoms with van der Waals surface area (Å²) in [6, 6.07) is 26.9. The van der Waals surface area contributed by atoms with Gasteiger partial charge in [0.1, 0.15) is 0 Å². The molecule has 3 aromatic carbocycles. The first kappa shape index (κ1) is 21.6. The summed E-state index contributed by atoms with van der Waals surface area (Å²) >= 11 is 4.86. The maximum Gasteiger partial charge on any atom is 0.184 e. The first-order chi connectivity index (χ1) is 16.6. The minimum atomic E-state index is 0.136. The average molecular weight is 465 g/mol. The molecule has 0 amide bonds. The number of hydrogen-bond acceptors (Lipinski definition) is 3. The van der Waals surface area contributed by atoms with Crippen molar-refractivity contribution >= 4 is 34.4 Å². The van der Waals surface area contributed by atoms with E-state index in [0.29, 0.717) is 6.54 Å². The van der Waals surface area contributed by atoms with E-state index >= 15 is 0 Å². The number of nitrogens with one attached hydrogen (secondary N) is 1. The quantitative estimate of drug-likeness (QED) is 0.210. The lowest BCUT2D eigenvalue weighted by Crippen LogP contribution is -2.23. The van der Waals surface area contributed by atoms with Crippen LogP contribution in [0.3, 0.4) is 0 Å². The van der Waals surface area contributed by atoms with Crippen LogP contribution in [0.2, 0.25) is 0 Å². The first-order valence-corrected chi connectivity index (χ1v) is 11.4. The Morgan fingerprint density at radius 3 is 2.50 bits per heavy atom. The number of benzene rings is 3. The largest absolute Gasteiger partial charge is 0.375 e. The number of aryl methyl sites for hydroxylation is 1. The Labute approximate surface area is 203 Å². The van der Waals surface area contributed by atoms with Crippen molar-refractivity contribution in [2.75, 3.05) is 0 Å². The van der Waals surface area contributed by atoms with Gasteiger partial charge in [-0.25, -0.2) is 4.68 Å². The Morgan fingerprint density at radius 1 is 1.03 bits per heavy atom. The third-order valence-electron chi connectivity index (χ3n) is 5.65. The summed E-state index contributed by atoms with van der Waals surface area (Å²) < 4.78 is 4.19. The fourth-order valence-electron chi connectivity index (χ4n) is 4.09. The molecular weight excluding hydrogens is 440 g/mol. The van der Waals surface area contributed by atoms with Crippen molar-refractivity contribution in [2.24, 2.45) is 10.8 Å². The van der Waals surface area contributed by atoms with Gasteiger partial charge in [0.15, 0.2) is 5.11 Å². The van der Waals surface area contributed by atoms with E-state index in [4.69, 9.17) is 23.1 Å². The normalized spacial score (nSPS) is 11.3. The predicted molar refractivity (Wildman–Crippen MR) is 142 cm³/mol. The molecule has 5 aromatic rings. The molecule has 6 nitrogen and oxygen atoms in total. The van der Waals surface area contributed by atoms with Gasteiger partial charge in [-0.15, -0.1) is 0 Å². The molecule has 0 aliphatic rings. The summed E-state index contributed by atoms with van der Waals surface area (Å²) in [4.78, 5) is 0. The minimum absolute atomic E-state index is 0.136. The molecule has 0 unspecified atom stereocenters. The molecule has 168 valence electrons. The number of rotatable bonds is 6. The number of aromatic nitrogens is 3. The van der Waals surface area contributed by atoms with E-state index < -0.39 is 0 Å². The zero-order valence-corrected chi connectivity index (χ0v) is 19.5. The molecule has 0 radical (unpaired) electrons. The maximum absolute atomic E-state index is 5.51. The van der Waals surface area contributed by atoms with Gasteiger partial charge in [-0.3, -0.25) is 5.43 Å². The highest BCUT2D eigenvalue weighted by atomic mass is 32.1. The number of hydrogen-bond donors (Lipinski definition) is 2. The van der Waals surface area contributed by atoms with Gasteiger partial charge in [-0.2, -0.15) is 10.2 Å². The average Bonchev–Trinajstić information content (AvgIpc) is 3.42. The summed E-state index contributed by atoms with van der Waals surface area (Å²) in [6.45, 7) is 2.76. The molecule has 0 saturated carbocycles. The van der Waals surface area contributed by atoms with Gasteiger partial charge < -0.3 is 10.3 Å². The Hall–Kier alpha value is -4.23. The second-order valence-corrected chi connectivity index (χ2v) is 8.56. The van der Waals surface area contributed by atoms with Crippen LogP contribution in [-0.2, 0) is 6.54 Å². The van der Waals surface area contributed by atoms with Crippen LogP contribution in [0.25, 0.3) is 27.8 Å². The highest BCUT2D eigenvalue weighted by Gasteiger charge is 2.15. The van der Waals surface area contributed by atoms with Crippen LogP contribution in [0.4, 0.5) is 0 Å². The molecular formula is C27H24N6S. The molecule has 34 heavy (non-hydrogen) atoms. The molecule has 3 N–H and O–H groups in total. The SMILES string of the molecule is Cc1ccc2c(/C=N\NC(N)=S)cn(Cc3cn(-c4ccccc4)nc3-c3ccccc3)c2c1. The van der Waals surface area contributed by atoms with Gasteiger partial charge in [0.2, 0.25) is 0 Å². The predicted octanol–water partition coefficient (Wildman–Crippen LogP) is 5.02. The highest BCUT2D eigenvalue weighted by molar-refractivity contribution is 7.80. The summed E-state index contributed by atoms with van der Waals surface area (Å²) in [7, 11) is 0. The Balaban J connectivity index is 1.61. The topological polar surface area (TPSA) is 73.2 Å². The number of nitrogens with zero attached hydrogens (tertiary/aromatic N) is 4. The van der Waals surface area contributed by atoms with Gasteiger partial charge in [-0.05, 0) is 42.9 Å². The molecule has 0 saturated heterocycles. The summed E-state index contributed by atoms with van der Waals surface area (Å²) in [5, 5.41) is 10.4. The van der Waals surface area contributed by atoms with Gasteiger partial charge in [0.05, 0.1) is 24.1 Å². The summed E-state index contributed by atoms with van der Waals surface area (Å²) in [5.41, 5.74) is 15.6. The minimum Gasteiger partial charge on any atom is -0.375 e. The molecule has 0 aliphatic heterocycles. The Kier molecular flexibility index (Phi) is 5.93. The van der Waals surface area contributed by atoms with E-state index in [-0.39, 0.29) is 5.11 Å². The fraction of sp³-hybridized carbons (Fsp3) is 0.0741. The van der Waals surface area contributed by atoms with E-state index in [1.165, 1.54) is 5.56 Å². The third-order valence-corrected chi connectivity index (χ3v) is 5.74. The van der Waals surface area contributed by atoms with Crippen molar-refractivity contribution in [1.82, 2.24) is 19.8 Å². The molecule has 0 bridgehead atoms. The number of para-hydroxylation sites is 1. The van der Waals surface area contributed by atoms with Crippen LogP contribution >= 0.6 is 12.2 Å². The summed E-state index contributed by atoms with van der Waals surface area (Å²) in [5.74, 6) is 0. The van der Waals surface area contributed by atoms with Gasteiger partial charge >= 0.3 is 0 Å². The lowest BCUT2D eigenvalue weighted by Gasteiger charge is -2.07. The van der Waals surface area contributed by atoms with Crippen LogP contribution in [0.5, 0.6) is 0 Å². The van der Waals surface area contributed by atoms with E-state index in [2.05, 4.69) is 76.9 Å². The van der Waals surface area contributed by atoms with Crippen molar-refractivity contribution in [3.63, 3.8) is 0 Å². The van der Waals surface area contributed by atoms with Crippen LogP contribution in [0, 0.1) is 6.92 Å². The second-order valence-electron chi connectivity index (χ2n) is 8.12. The fourth-order valence-corrected chi connectivity index (χ4v) is 4.14. The second kappa shape index (κ2) is 9.33. The lowest BCUT2D eigenvalue weighted by atomic mass is 10.1. The first-order valence-electron chi connectivity index (χ1n) is 11.0. The molecule has 0 aliphatic carbocycles. The Bertz CT molecular complexity index is 1480. The monoisotopic (exact) mass is 464 g/mol. The maximum atomic E-state index is 5.51. The van der Waals surface area contributed by atoms with Crippen LogP contribution in [-0.4, -0.2) is 25.7 Å². The van der Waals surface area contributed by atoms with Gasteiger partial charge in [-0.1, -0.05) is 60.7 Å². The van der Waals surface area contributed by atoms with Crippen molar-refractivity contribution in [3.8, 4) is 16.9 Å². The van der Waals surface area contributed by atoms with Crippen LogP contribution in [0.15, 0.2) is 96.4 Å². The van der Waals surface area contributed by atoms with E-state index in [9.17, 15) is 0 Å². The number of fused-ring (bicyclic) bond motifs is 1. The van der Waals surface area contributed by atoms with Crippen LogP contribution in [0.1, 0.15) is 16.7 Å². The lowest BCUT2D eigenvalue weighted by molar-refractivity contribution is 0.834. The zero-order chi connectivity index (χ0) is 23.5. The molecule has 0 spiro atoms. The number of thiocarbonyl (C=S) groups is 1. The molecule has 7 heteroatoms. The molecule has 2 aromatic heterocycles. The molecule has 5 rings (SSSR count). The van der Waals surface area contributed by atoms with E-state index in [1.54, 1.807) is 6.21 Å². The zero-order valence-electron chi connectivity index (χ0n) is 18.7. The summed E-state index contributed by atoms with van der Waals surface area (Å²) in [6.07, 6.45) is 5.96. The van der Waals surface area contributed by atoms with Crippen molar-refractivity contribution in [3.05, 3.63) is 108 Å². The van der Waals surface area contributed by atoms with E-state index in [1.807, 2.05) is 41.1 Å².